The van der Waals surface area contributed by atoms with E-state index in [0.717, 1.165) is 37.6 Å². The van der Waals surface area contributed by atoms with E-state index in [4.69, 9.17) is 5.10 Å². The Morgan fingerprint density at radius 1 is 0.970 bits per heavy atom. The minimum absolute atomic E-state index is 0.622. The van der Waals surface area contributed by atoms with Gasteiger partial charge in [0.15, 0.2) is 5.82 Å². The van der Waals surface area contributed by atoms with Crippen molar-refractivity contribution in [2.24, 2.45) is 0 Å². The van der Waals surface area contributed by atoms with Crippen molar-refractivity contribution in [3.8, 4) is 16.8 Å². The van der Waals surface area contributed by atoms with Crippen molar-refractivity contribution in [1.29, 1.82) is 0 Å². The number of hydrogen-bond acceptors (Lipinski definition) is 5. The van der Waals surface area contributed by atoms with Gasteiger partial charge >= 0.3 is 0 Å². The highest BCUT2D eigenvalue weighted by Crippen LogP contribution is 2.34. The summed E-state index contributed by atoms with van der Waals surface area (Å²) in [7, 11) is 0. The molecule has 0 unspecified atom stereocenters. The van der Waals surface area contributed by atoms with Crippen LogP contribution in [0.4, 0.5) is 0 Å². The van der Waals surface area contributed by atoms with E-state index < -0.39 is 0 Å². The number of halogens is 1. The summed E-state index contributed by atoms with van der Waals surface area (Å²) in [6.07, 6.45) is 2.74. The van der Waals surface area contributed by atoms with Gasteiger partial charge in [0.05, 0.1) is 5.69 Å². The van der Waals surface area contributed by atoms with Crippen LogP contribution in [0.2, 0.25) is 0 Å². The number of hydrogen-bond donors (Lipinski definition) is 1. The van der Waals surface area contributed by atoms with Gasteiger partial charge in [0.25, 0.3) is 0 Å². The maximum Gasteiger partial charge on any atom is 0.178 e. The Bertz CT molecular complexity index is 1370. The zero-order chi connectivity index (χ0) is 22.6. The van der Waals surface area contributed by atoms with Crippen LogP contribution in [-0.2, 0) is 12.2 Å². The summed E-state index contributed by atoms with van der Waals surface area (Å²) < 4.78 is 2.97. The van der Waals surface area contributed by atoms with Crippen molar-refractivity contribution in [3.05, 3.63) is 106 Å². The molecule has 0 spiro atoms. The van der Waals surface area contributed by atoms with Gasteiger partial charge < -0.3 is 0 Å². The SMILES string of the molecule is Cc1cc(Cc2nn[nH]n2)cc(-c2cn(-c3cccc(Br)c3)nc2SCc2ccccc2)c1. The van der Waals surface area contributed by atoms with Crippen LogP contribution in [0.15, 0.2) is 88.5 Å². The van der Waals surface area contributed by atoms with Crippen LogP contribution in [0.25, 0.3) is 16.8 Å². The molecule has 5 aromatic rings. The molecule has 0 aliphatic rings. The summed E-state index contributed by atoms with van der Waals surface area (Å²) in [5.74, 6) is 1.53. The summed E-state index contributed by atoms with van der Waals surface area (Å²) in [5, 5.41) is 20.4. The Hall–Kier alpha value is -3.23. The summed E-state index contributed by atoms with van der Waals surface area (Å²) in [6.45, 7) is 2.11. The zero-order valence-electron chi connectivity index (χ0n) is 17.9. The van der Waals surface area contributed by atoms with Gasteiger partial charge in [-0.2, -0.15) is 10.3 Å². The first-order chi connectivity index (χ1) is 16.1. The molecular formula is C25H21BrN6S. The first-order valence-corrected chi connectivity index (χ1v) is 12.3. The van der Waals surface area contributed by atoms with Crippen LogP contribution < -0.4 is 0 Å². The standard InChI is InChI=1S/C25H21BrN6S/c1-17-10-19(13-24-27-30-31-28-24)12-20(11-17)23-15-32(22-9-5-8-21(26)14-22)29-25(23)33-16-18-6-3-2-4-7-18/h2-12,14-15H,13,16H2,1H3,(H,27,28,30,31). The van der Waals surface area contributed by atoms with E-state index in [-0.39, 0.29) is 0 Å². The number of benzene rings is 3. The highest BCUT2D eigenvalue weighted by molar-refractivity contribution is 9.10. The lowest BCUT2D eigenvalue weighted by molar-refractivity contribution is 0.837. The fourth-order valence-corrected chi connectivity index (χ4v) is 5.05. The minimum atomic E-state index is 0.622. The van der Waals surface area contributed by atoms with Crippen LogP contribution in [-0.4, -0.2) is 30.4 Å². The highest BCUT2D eigenvalue weighted by atomic mass is 79.9. The second-order valence-corrected chi connectivity index (χ2v) is 9.64. The molecule has 2 heterocycles. The number of nitrogens with one attached hydrogen (secondary N) is 1. The Labute approximate surface area is 204 Å². The number of thioether (sulfide) groups is 1. The van der Waals surface area contributed by atoms with Crippen LogP contribution in [0.3, 0.4) is 0 Å². The summed E-state index contributed by atoms with van der Waals surface area (Å²) in [5.41, 5.74) is 6.84. The van der Waals surface area contributed by atoms with E-state index >= 15 is 0 Å². The number of aryl methyl sites for hydroxylation is 1. The minimum Gasteiger partial charge on any atom is -0.239 e. The summed E-state index contributed by atoms with van der Waals surface area (Å²) >= 11 is 5.32. The summed E-state index contributed by atoms with van der Waals surface area (Å²) in [4.78, 5) is 0. The molecule has 1 N–H and O–H groups in total. The van der Waals surface area contributed by atoms with Crippen molar-refractivity contribution in [1.82, 2.24) is 30.4 Å². The number of rotatable bonds is 7. The second kappa shape index (κ2) is 9.72. The molecule has 3 aromatic carbocycles. The van der Waals surface area contributed by atoms with E-state index in [2.05, 4.69) is 104 Å². The molecule has 33 heavy (non-hydrogen) atoms. The maximum atomic E-state index is 4.97. The molecule has 8 heteroatoms. The number of aromatic amines is 1. The topological polar surface area (TPSA) is 72.3 Å². The molecular weight excluding hydrogens is 496 g/mol. The lowest BCUT2D eigenvalue weighted by Crippen LogP contribution is -1.94. The Morgan fingerprint density at radius 2 is 1.85 bits per heavy atom. The fraction of sp³-hybridized carbons (Fsp3) is 0.120. The van der Waals surface area contributed by atoms with Gasteiger partial charge in [0.2, 0.25) is 0 Å². The molecule has 0 saturated heterocycles. The molecule has 0 aliphatic heterocycles. The summed E-state index contributed by atoms with van der Waals surface area (Å²) in [6, 6.07) is 25.2. The molecule has 0 radical (unpaired) electrons. The van der Waals surface area contributed by atoms with E-state index in [0.29, 0.717) is 12.2 Å². The van der Waals surface area contributed by atoms with Gasteiger partial charge in [0.1, 0.15) is 5.03 Å². The lowest BCUT2D eigenvalue weighted by Gasteiger charge is -2.07. The first-order valence-electron chi connectivity index (χ1n) is 10.5. The van der Waals surface area contributed by atoms with E-state index in [1.807, 2.05) is 22.9 Å². The maximum absolute atomic E-state index is 4.97. The average Bonchev–Trinajstić information content (AvgIpc) is 3.48. The van der Waals surface area contributed by atoms with Crippen molar-refractivity contribution >= 4 is 27.7 Å². The van der Waals surface area contributed by atoms with Crippen LogP contribution in [0.5, 0.6) is 0 Å². The zero-order valence-corrected chi connectivity index (χ0v) is 20.3. The molecule has 2 aromatic heterocycles. The van der Waals surface area contributed by atoms with Crippen LogP contribution >= 0.6 is 27.7 Å². The molecule has 6 nitrogen and oxygen atoms in total. The van der Waals surface area contributed by atoms with Gasteiger partial charge in [-0.25, -0.2) is 4.68 Å². The number of H-pyrrole nitrogens is 1. The van der Waals surface area contributed by atoms with Gasteiger partial charge in [0, 0.05) is 28.4 Å². The van der Waals surface area contributed by atoms with Gasteiger partial charge in [-0.15, -0.1) is 10.2 Å². The number of aromatic nitrogens is 6. The van der Waals surface area contributed by atoms with Gasteiger partial charge in [-0.1, -0.05) is 93.1 Å². The van der Waals surface area contributed by atoms with E-state index in [9.17, 15) is 0 Å². The van der Waals surface area contributed by atoms with Crippen molar-refractivity contribution in [2.75, 3.05) is 0 Å². The molecule has 5 rings (SSSR count). The van der Waals surface area contributed by atoms with Gasteiger partial charge in [-0.05, 0) is 41.8 Å². The van der Waals surface area contributed by atoms with Gasteiger partial charge in [-0.3, -0.25) is 0 Å². The first kappa shape index (κ1) is 21.6. The molecule has 164 valence electrons. The Morgan fingerprint density at radius 3 is 2.64 bits per heavy atom. The molecule has 0 amide bonds. The second-order valence-electron chi connectivity index (χ2n) is 7.76. The third-order valence-corrected chi connectivity index (χ3v) is 6.72. The monoisotopic (exact) mass is 516 g/mol. The van der Waals surface area contributed by atoms with Crippen LogP contribution in [0, 0.1) is 6.92 Å². The highest BCUT2D eigenvalue weighted by Gasteiger charge is 2.15. The van der Waals surface area contributed by atoms with Crippen molar-refractivity contribution in [2.45, 2.75) is 24.1 Å². The largest absolute Gasteiger partial charge is 0.239 e. The Balaban J connectivity index is 1.54. The average molecular weight is 517 g/mol. The molecule has 0 saturated carbocycles. The van der Waals surface area contributed by atoms with Crippen molar-refractivity contribution in [3.63, 3.8) is 0 Å². The third-order valence-electron chi connectivity index (χ3n) is 5.17. The fourth-order valence-electron chi connectivity index (χ4n) is 3.70. The molecule has 0 atom stereocenters. The van der Waals surface area contributed by atoms with Crippen molar-refractivity contribution < 1.29 is 0 Å². The quantitative estimate of drug-likeness (QED) is 0.268. The normalized spacial score (nSPS) is 11.1. The predicted octanol–water partition coefficient (Wildman–Crippen LogP) is 6.01. The smallest absolute Gasteiger partial charge is 0.178 e. The number of nitrogens with zero attached hydrogens (tertiary/aromatic N) is 5. The number of tetrazole rings is 1. The molecule has 0 aliphatic carbocycles. The Kier molecular flexibility index (Phi) is 6.37. The lowest BCUT2D eigenvalue weighted by atomic mass is 10.0. The third kappa shape index (κ3) is 5.23. The van der Waals surface area contributed by atoms with Crippen LogP contribution in [0.1, 0.15) is 22.5 Å². The van der Waals surface area contributed by atoms with E-state index in [1.165, 1.54) is 11.1 Å². The predicted molar refractivity (Wildman–Crippen MR) is 134 cm³/mol. The molecule has 0 fully saturated rings. The molecule has 0 bridgehead atoms. The van der Waals surface area contributed by atoms with E-state index in [1.54, 1.807) is 11.8 Å².